The Morgan fingerprint density at radius 2 is 2.20 bits per heavy atom. The van der Waals surface area contributed by atoms with Crippen LogP contribution in [-0.4, -0.2) is 45.5 Å². The van der Waals surface area contributed by atoms with Crippen molar-refractivity contribution in [3.05, 3.63) is 51.8 Å². The number of likely N-dealkylation sites (tertiary alicyclic amines) is 1. The van der Waals surface area contributed by atoms with Gasteiger partial charge in [-0.15, -0.1) is 0 Å². The number of hydrogen-bond donors (Lipinski definition) is 0. The van der Waals surface area contributed by atoms with Crippen LogP contribution in [0.4, 0.5) is 8.78 Å². The smallest absolute Gasteiger partial charge is 0.282 e. The number of amides is 1. The second-order valence-electron chi connectivity index (χ2n) is 7.30. The van der Waals surface area contributed by atoms with E-state index in [0.29, 0.717) is 24.6 Å². The maximum Gasteiger partial charge on any atom is 0.282 e. The molecule has 0 spiro atoms. The van der Waals surface area contributed by atoms with Gasteiger partial charge in [-0.1, -0.05) is 28.9 Å². The van der Waals surface area contributed by atoms with Crippen molar-refractivity contribution in [1.29, 1.82) is 0 Å². The maximum absolute atomic E-state index is 13.3. The average molecular weight is 439 g/mol. The van der Waals surface area contributed by atoms with Gasteiger partial charge >= 0.3 is 0 Å². The van der Waals surface area contributed by atoms with Crippen LogP contribution in [0.25, 0.3) is 0 Å². The molecule has 1 saturated heterocycles. The molecule has 1 aliphatic rings. The number of halogens is 3. The molecule has 30 heavy (non-hydrogen) atoms. The van der Waals surface area contributed by atoms with Crippen molar-refractivity contribution < 1.29 is 18.4 Å². The van der Waals surface area contributed by atoms with Crippen molar-refractivity contribution in [2.75, 3.05) is 13.2 Å². The summed E-state index contributed by atoms with van der Waals surface area (Å²) in [5.74, 6) is -0.409. The van der Waals surface area contributed by atoms with Gasteiger partial charge in [-0.25, -0.2) is 8.78 Å². The van der Waals surface area contributed by atoms with Crippen molar-refractivity contribution in [3.63, 3.8) is 0 Å². The molecule has 1 atom stereocenters. The molecule has 2 heterocycles. The predicted molar refractivity (Wildman–Crippen MR) is 111 cm³/mol. The van der Waals surface area contributed by atoms with E-state index in [0.717, 1.165) is 29.7 Å². The molecule has 1 aromatic carbocycles. The van der Waals surface area contributed by atoms with Gasteiger partial charge in [0.2, 0.25) is 0 Å². The predicted octanol–water partition coefficient (Wildman–Crippen LogP) is 4.62. The zero-order chi connectivity index (χ0) is 21.8. The van der Waals surface area contributed by atoms with Gasteiger partial charge in [-0.2, -0.15) is 5.10 Å². The summed E-state index contributed by atoms with van der Waals surface area (Å²) in [7, 11) is 1.53. The zero-order valence-corrected chi connectivity index (χ0v) is 18.0. The van der Waals surface area contributed by atoms with E-state index < -0.39 is 18.0 Å². The number of oxime groups is 1. The quantitative estimate of drug-likeness (QED) is 0.468. The molecule has 162 valence electrons. The van der Waals surface area contributed by atoms with Crippen molar-refractivity contribution in [2.24, 2.45) is 12.2 Å². The summed E-state index contributed by atoms with van der Waals surface area (Å²) < 4.78 is 27.8. The molecule has 3 rings (SSSR count). The molecular weight excluding hydrogens is 414 g/mol. The molecule has 1 aromatic heterocycles. The van der Waals surface area contributed by atoms with Crippen molar-refractivity contribution in [3.8, 4) is 0 Å². The van der Waals surface area contributed by atoms with E-state index in [4.69, 9.17) is 16.4 Å². The summed E-state index contributed by atoms with van der Waals surface area (Å²) in [6.07, 6.45) is 0.725. The molecule has 0 N–H and O–H groups in total. The Labute approximate surface area is 179 Å². The Balaban J connectivity index is 1.78. The van der Waals surface area contributed by atoms with E-state index in [1.54, 1.807) is 4.90 Å². The Hall–Kier alpha value is -2.48. The molecule has 1 amide bonds. The van der Waals surface area contributed by atoms with E-state index in [9.17, 15) is 13.6 Å². The number of aryl methyl sites for hydroxylation is 1. The Morgan fingerprint density at radius 3 is 2.87 bits per heavy atom. The Morgan fingerprint density at radius 1 is 1.43 bits per heavy atom. The number of rotatable bonds is 7. The SMILES string of the molecule is CCO/N=C(\C)c1ccc(CC2CCCN2C(=O)c2cn(C)nc2C(F)F)c(Cl)c1. The largest absolute Gasteiger partial charge is 0.396 e. The number of aromatic nitrogens is 2. The molecule has 2 aromatic rings. The van der Waals surface area contributed by atoms with Gasteiger partial charge in [0.1, 0.15) is 12.3 Å². The summed E-state index contributed by atoms with van der Waals surface area (Å²) in [6.45, 7) is 4.71. The Bertz CT molecular complexity index is 945. The molecule has 6 nitrogen and oxygen atoms in total. The fourth-order valence-corrected chi connectivity index (χ4v) is 3.97. The molecule has 9 heteroatoms. The van der Waals surface area contributed by atoms with Crippen LogP contribution in [0.5, 0.6) is 0 Å². The van der Waals surface area contributed by atoms with Gasteiger partial charge in [0, 0.05) is 36.4 Å². The number of carbonyl (C=O) groups excluding carboxylic acids is 1. The topological polar surface area (TPSA) is 59.7 Å². The van der Waals surface area contributed by atoms with E-state index >= 15 is 0 Å². The number of carbonyl (C=O) groups is 1. The third-order valence-electron chi connectivity index (χ3n) is 5.19. The highest BCUT2D eigenvalue weighted by Crippen LogP contribution is 2.29. The summed E-state index contributed by atoms with van der Waals surface area (Å²) in [6, 6.07) is 5.55. The molecule has 0 radical (unpaired) electrons. The van der Waals surface area contributed by atoms with Crippen molar-refractivity contribution in [2.45, 2.75) is 45.6 Å². The van der Waals surface area contributed by atoms with Crippen LogP contribution in [0.2, 0.25) is 5.02 Å². The monoisotopic (exact) mass is 438 g/mol. The minimum Gasteiger partial charge on any atom is -0.396 e. The van der Waals surface area contributed by atoms with Gasteiger partial charge in [-0.05, 0) is 44.7 Å². The molecule has 1 fully saturated rings. The third kappa shape index (κ3) is 4.80. The first kappa shape index (κ1) is 22.2. The maximum atomic E-state index is 13.3. The van der Waals surface area contributed by atoms with E-state index in [-0.39, 0.29) is 11.6 Å². The summed E-state index contributed by atoms with van der Waals surface area (Å²) >= 11 is 6.49. The lowest BCUT2D eigenvalue weighted by Crippen LogP contribution is -2.37. The van der Waals surface area contributed by atoms with Crippen LogP contribution < -0.4 is 0 Å². The van der Waals surface area contributed by atoms with Gasteiger partial charge in [0.05, 0.1) is 11.3 Å². The second-order valence-corrected chi connectivity index (χ2v) is 7.71. The van der Waals surface area contributed by atoms with Crippen molar-refractivity contribution in [1.82, 2.24) is 14.7 Å². The summed E-state index contributed by atoms with van der Waals surface area (Å²) in [4.78, 5) is 19.7. The standard InChI is InChI=1S/C21H25ClF2N4O2/c1-4-30-26-13(2)14-7-8-15(18(22)11-14)10-16-6-5-9-28(16)21(29)17-12-27(3)25-19(17)20(23)24/h7-8,11-12,16,20H,4-6,9-10H2,1-3H3/b26-13+. The first-order valence-corrected chi connectivity index (χ1v) is 10.3. The van der Waals surface area contributed by atoms with E-state index in [2.05, 4.69) is 10.3 Å². The Kier molecular flexibility index (Phi) is 7.07. The first-order chi connectivity index (χ1) is 14.3. The second kappa shape index (κ2) is 9.55. The molecular formula is C21H25ClF2N4O2. The highest BCUT2D eigenvalue weighted by molar-refractivity contribution is 6.31. The molecule has 1 aliphatic heterocycles. The molecule has 0 saturated carbocycles. The fourth-order valence-electron chi connectivity index (χ4n) is 3.71. The molecule has 0 bridgehead atoms. The van der Waals surface area contributed by atoms with E-state index in [1.165, 1.54) is 17.9 Å². The number of alkyl halides is 2. The summed E-state index contributed by atoms with van der Waals surface area (Å²) in [5.41, 5.74) is 1.96. The van der Waals surface area contributed by atoms with Crippen LogP contribution in [0.1, 0.15) is 60.3 Å². The molecule has 1 unspecified atom stereocenters. The van der Waals surface area contributed by atoms with Gasteiger partial charge in [0.25, 0.3) is 12.3 Å². The average Bonchev–Trinajstić information content (AvgIpc) is 3.33. The van der Waals surface area contributed by atoms with Crippen LogP contribution >= 0.6 is 11.6 Å². The zero-order valence-electron chi connectivity index (χ0n) is 17.2. The van der Waals surface area contributed by atoms with Crippen LogP contribution in [0, 0.1) is 0 Å². The fraction of sp³-hybridized carbons (Fsp3) is 0.476. The normalized spacial score (nSPS) is 17.1. The molecule has 0 aliphatic carbocycles. The number of nitrogens with zero attached hydrogens (tertiary/aromatic N) is 4. The lowest BCUT2D eigenvalue weighted by atomic mass is 10.0. The van der Waals surface area contributed by atoms with Crippen LogP contribution in [0.15, 0.2) is 29.6 Å². The van der Waals surface area contributed by atoms with Gasteiger partial charge in [0.15, 0.2) is 0 Å². The van der Waals surface area contributed by atoms with Crippen LogP contribution in [-0.2, 0) is 18.3 Å². The van der Waals surface area contributed by atoms with Crippen LogP contribution in [0.3, 0.4) is 0 Å². The number of hydrogen-bond acceptors (Lipinski definition) is 4. The highest BCUT2D eigenvalue weighted by Gasteiger charge is 2.33. The lowest BCUT2D eigenvalue weighted by molar-refractivity contribution is 0.0724. The lowest BCUT2D eigenvalue weighted by Gasteiger charge is -2.25. The van der Waals surface area contributed by atoms with E-state index in [1.807, 2.05) is 32.0 Å². The van der Waals surface area contributed by atoms with Gasteiger partial charge in [-0.3, -0.25) is 9.48 Å². The van der Waals surface area contributed by atoms with Crippen molar-refractivity contribution >= 4 is 23.2 Å². The highest BCUT2D eigenvalue weighted by atomic mass is 35.5. The number of benzene rings is 1. The van der Waals surface area contributed by atoms with Gasteiger partial charge < -0.3 is 9.74 Å². The minimum atomic E-state index is -2.80. The first-order valence-electron chi connectivity index (χ1n) is 9.89. The summed E-state index contributed by atoms with van der Waals surface area (Å²) in [5, 5.41) is 8.34. The third-order valence-corrected chi connectivity index (χ3v) is 5.54. The minimum absolute atomic E-state index is 0.0383.